The third kappa shape index (κ3) is 5.22. The predicted molar refractivity (Wildman–Crippen MR) is 132 cm³/mol. The zero-order valence-corrected chi connectivity index (χ0v) is 20.4. The number of hydrogen-bond donors (Lipinski definition) is 2. The normalized spacial score (nSPS) is 27.6. The van der Waals surface area contributed by atoms with E-state index in [1.807, 2.05) is 12.1 Å². The smallest absolute Gasteiger partial charge is 0.255 e. The number of piperidine rings is 1. The minimum Gasteiger partial charge on any atom is -0.379 e. The molecule has 3 amide bonds. The lowest BCUT2D eigenvalue weighted by Crippen LogP contribution is -2.52. The lowest BCUT2D eigenvalue weighted by molar-refractivity contribution is -0.136. The SMILES string of the molecule is NC1CCC(N(CCCN2CCOCC2)c2cccc3c2CN(C2CCC(=O)NC2=O)C3=O)CC1. The van der Waals surface area contributed by atoms with Crippen LogP contribution >= 0.6 is 0 Å². The number of carbonyl (C=O) groups is 3. The minimum absolute atomic E-state index is 0.115. The van der Waals surface area contributed by atoms with Crippen LogP contribution in [0.15, 0.2) is 18.2 Å². The molecule has 3 N–H and O–H groups in total. The Morgan fingerprint density at radius 1 is 1.06 bits per heavy atom. The van der Waals surface area contributed by atoms with E-state index in [2.05, 4.69) is 21.2 Å². The van der Waals surface area contributed by atoms with Crippen LogP contribution in [0.5, 0.6) is 0 Å². The number of amides is 3. The van der Waals surface area contributed by atoms with Gasteiger partial charge in [-0.3, -0.25) is 24.6 Å². The van der Waals surface area contributed by atoms with Crippen LogP contribution in [0, 0.1) is 0 Å². The van der Waals surface area contributed by atoms with Gasteiger partial charge in [0.2, 0.25) is 11.8 Å². The van der Waals surface area contributed by atoms with E-state index in [9.17, 15) is 14.4 Å². The van der Waals surface area contributed by atoms with Crippen LogP contribution < -0.4 is 16.0 Å². The van der Waals surface area contributed by atoms with Crippen molar-refractivity contribution >= 4 is 23.4 Å². The Kier molecular flexibility index (Phi) is 7.36. The van der Waals surface area contributed by atoms with Crippen LogP contribution in [0.25, 0.3) is 0 Å². The van der Waals surface area contributed by atoms with Gasteiger partial charge in [-0.05, 0) is 50.7 Å². The molecule has 0 spiro atoms. The molecular weight excluding hydrogens is 446 g/mol. The van der Waals surface area contributed by atoms with Gasteiger partial charge in [-0.1, -0.05) is 6.07 Å². The Hall–Kier alpha value is -2.49. The van der Waals surface area contributed by atoms with Crippen molar-refractivity contribution in [3.05, 3.63) is 29.3 Å². The fraction of sp³-hybridized carbons (Fsp3) is 0.654. The highest BCUT2D eigenvalue weighted by Gasteiger charge is 2.40. The Morgan fingerprint density at radius 3 is 2.57 bits per heavy atom. The number of benzene rings is 1. The molecule has 1 saturated carbocycles. The van der Waals surface area contributed by atoms with E-state index in [4.69, 9.17) is 10.5 Å². The number of ether oxygens (including phenoxy) is 1. The zero-order chi connectivity index (χ0) is 24.4. The van der Waals surface area contributed by atoms with Gasteiger partial charge < -0.3 is 20.3 Å². The van der Waals surface area contributed by atoms with Gasteiger partial charge in [-0.15, -0.1) is 0 Å². The molecule has 0 aromatic heterocycles. The molecule has 2 saturated heterocycles. The van der Waals surface area contributed by atoms with Crippen LogP contribution in [0.1, 0.15) is 60.9 Å². The number of rotatable bonds is 7. The van der Waals surface area contributed by atoms with Crippen molar-refractivity contribution in [1.29, 1.82) is 0 Å². The molecule has 1 atom stereocenters. The summed E-state index contributed by atoms with van der Waals surface area (Å²) in [5, 5.41) is 2.40. The number of anilines is 1. The second kappa shape index (κ2) is 10.6. The average Bonchev–Trinajstić information content (AvgIpc) is 3.20. The predicted octanol–water partition coefficient (Wildman–Crippen LogP) is 1.25. The Bertz CT molecular complexity index is 955. The molecule has 0 bridgehead atoms. The molecule has 1 unspecified atom stereocenters. The Morgan fingerprint density at radius 2 is 1.83 bits per heavy atom. The number of carbonyl (C=O) groups excluding carboxylic acids is 3. The number of nitrogens with one attached hydrogen (secondary N) is 1. The van der Waals surface area contributed by atoms with Crippen LogP contribution in [0.2, 0.25) is 0 Å². The topological polar surface area (TPSA) is 108 Å². The molecule has 5 rings (SSSR count). The van der Waals surface area contributed by atoms with E-state index in [0.717, 1.165) is 82.7 Å². The fourth-order valence-electron chi connectivity index (χ4n) is 6.04. The van der Waals surface area contributed by atoms with Crippen LogP contribution in [-0.4, -0.2) is 85.0 Å². The van der Waals surface area contributed by atoms with Crippen molar-refractivity contribution in [2.24, 2.45) is 5.73 Å². The quantitative estimate of drug-likeness (QED) is 0.562. The second-order valence-corrected chi connectivity index (χ2v) is 10.3. The van der Waals surface area contributed by atoms with Crippen molar-refractivity contribution in [3.63, 3.8) is 0 Å². The van der Waals surface area contributed by atoms with E-state index in [0.29, 0.717) is 24.6 Å². The Labute approximate surface area is 206 Å². The van der Waals surface area contributed by atoms with Crippen molar-refractivity contribution in [2.45, 2.75) is 69.6 Å². The van der Waals surface area contributed by atoms with Crippen LogP contribution in [0.3, 0.4) is 0 Å². The van der Waals surface area contributed by atoms with E-state index >= 15 is 0 Å². The summed E-state index contributed by atoms with van der Waals surface area (Å²) in [6.07, 6.45) is 5.81. The van der Waals surface area contributed by atoms with Crippen molar-refractivity contribution in [1.82, 2.24) is 15.1 Å². The molecule has 1 aromatic carbocycles. The van der Waals surface area contributed by atoms with Gasteiger partial charge in [0.25, 0.3) is 5.91 Å². The summed E-state index contributed by atoms with van der Waals surface area (Å²) in [7, 11) is 0. The van der Waals surface area contributed by atoms with Crippen molar-refractivity contribution in [2.75, 3.05) is 44.3 Å². The molecule has 1 aromatic rings. The average molecular weight is 484 g/mol. The highest BCUT2D eigenvalue weighted by molar-refractivity contribution is 6.06. The van der Waals surface area contributed by atoms with Gasteiger partial charge in [-0.25, -0.2) is 0 Å². The monoisotopic (exact) mass is 483 g/mol. The minimum atomic E-state index is -0.595. The lowest BCUT2D eigenvalue weighted by atomic mass is 9.89. The molecule has 0 radical (unpaired) electrons. The summed E-state index contributed by atoms with van der Waals surface area (Å²) < 4.78 is 5.49. The second-order valence-electron chi connectivity index (χ2n) is 10.3. The van der Waals surface area contributed by atoms with E-state index in [-0.39, 0.29) is 30.2 Å². The summed E-state index contributed by atoms with van der Waals surface area (Å²) in [6.45, 7) is 5.91. The third-order valence-electron chi connectivity index (χ3n) is 8.03. The largest absolute Gasteiger partial charge is 0.379 e. The summed E-state index contributed by atoms with van der Waals surface area (Å²) in [5.41, 5.74) is 9.00. The van der Waals surface area contributed by atoms with Gasteiger partial charge in [0, 0.05) is 68.0 Å². The highest BCUT2D eigenvalue weighted by Crippen LogP contribution is 2.37. The molecule has 3 fully saturated rings. The molecule has 3 heterocycles. The molecule has 1 aliphatic carbocycles. The maximum atomic E-state index is 13.3. The van der Waals surface area contributed by atoms with Crippen LogP contribution in [0.4, 0.5) is 5.69 Å². The maximum absolute atomic E-state index is 13.3. The van der Waals surface area contributed by atoms with E-state index < -0.39 is 6.04 Å². The molecular formula is C26H37N5O4. The van der Waals surface area contributed by atoms with Crippen molar-refractivity contribution < 1.29 is 19.1 Å². The molecule has 9 nitrogen and oxygen atoms in total. The molecule has 3 aliphatic heterocycles. The van der Waals surface area contributed by atoms with E-state index in [1.165, 1.54) is 0 Å². The zero-order valence-electron chi connectivity index (χ0n) is 20.4. The van der Waals surface area contributed by atoms with Crippen LogP contribution in [-0.2, 0) is 20.9 Å². The molecule has 35 heavy (non-hydrogen) atoms. The maximum Gasteiger partial charge on any atom is 0.255 e. The summed E-state index contributed by atoms with van der Waals surface area (Å²) in [6, 6.07) is 6.03. The van der Waals surface area contributed by atoms with Gasteiger partial charge >= 0.3 is 0 Å². The van der Waals surface area contributed by atoms with Gasteiger partial charge in [-0.2, -0.15) is 0 Å². The first-order valence-corrected chi connectivity index (χ1v) is 13.1. The van der Waals surface area contributed by atoms with Gasteiger partial charge in [0.15, 0.2) is 0 Å². The first-order valence-electron chi connectivity index (χ1n) is 13.1. The lowest BCUT2D eigenvalue weighted by Gasteiger charge is -2.39. The number of nitrogens with two attached hydrogens (primary N) is 1. The standard InChI is InChI=1S/C26H37N5O4/c27-18-5-7-19(8-6-18)30(12-2-11-29-13-15-35-16-14-29)22-4-1-3-20-21(22)17-31(26(20)34)23-9-10-24(32)28-25(23)33/h1,3-4,18-19,23H,2,5-17,27H2,(H,28,32,33). The fourth-order valence-corrected chi connectivity index (χ4v) is 6.04. The number of fused-ring (bicyclic) bond motifs is 1. The van der Waals surface area contributed by atoms with E-state index in [1.54, 1.807) is 4.90 Å². The molecule has 4 aliphatic rings. The van der Waals surface area contributed by atoms with Gasteiger partial charge in [0.1, 0.15) is 6.04 Å². The summed E-state index contributed by atoms with van der Waals surface area (Å²) in [4.78, 5) is 44.1. The van der Waals surface area contributed by atoms with Crippen molar-refractivity contribution in [3.8, 4) is 0 Å². The first-order chi connectivity index (χ1) is 17.0. The number of morpholine rings is 1. The molecule has 9 heteroatoms. The highest BCUT2D eigenvalue weighted by atomic mass is 16.5. The molecule has 190 valence electrons. The summed E-state index contributed by atoms with van der Waals surface area (Å²) >= 11 is 0. The number of imide groups is 1. The summed E-state index contributed by atoms with van der Waals surface area (Å²) in [5.74, 6) is -0.749. The number of hydrogen-bond acceptors (Lipinski definition) is 7. The van der Waals surface area contributed by atoms with Gasteiger partial charge in [0.05, 0.1) is 13.2 Å². The number of nitrogens with zero attached hydrogens (tertiary/aromatic N) is 3. The third-order valence-corrected chi connectivity index (χ3v) is 8.03. The Balaban J connectivity index is 1.36. The first kappa shape index (κ1) is 24.2.